The number of carbonyl (C=O) groups is 1. The zero-order valence-electron chi connectivity index (χ0n) is 14.6. The van der Waals surface area contributed by atoms with Gasteiger partial charge in [-0.3, -0.25) is 4.79 Å². The molecule has 5 nitrogen and oxygen atoms in total. The Balaban J connectivity index is 1.63. The molecule has 0 bridgehead atoms. The van der Waals surface area contributed by atoms with Crippen LogP contribution in [-0.2, 0) is 11.3 Å². The third-order valence-electron chi connectivity index (χ3n) is 5.27. The first-order valence-electron chi connectivity index (χ1n) is 8.46. The predicted octanol–water partition coefficient (Wildman–Crippen LogP) is 2.33. The molecule has 2 aliphatic heterocycles. The van der Waals surface area contributed by atoms with E-state index in [2.05, 4.69) is 29.2 Å². The molecule has 0 radical (unpaired) electrons. The molecule has 2 heterocycles. The van der Waals surface area contributed by atoms with Crippen molar-refractivity contribution >= 4 is 11.7 Å². The summed E-state index contributed by atoms with van der Waals surface area (Å²) in [6.07, 6.45) is 6.76. The second-order valence-electron chi connectivity index (χ2n) is 6.53. The van der Waals surface area contributed by atoms with Gasteiger partial charge in [-0.2, -0.15) is 0 Å². The Morgan fingerprint density at radius 2 is 2.16 bits per heavy atom. The van der Waals surface area contributed by atoms with Crippen LogP contribution in [0.25, 0.3) is 0 Å². The Morgan fingerprint density at radius 1 is 1.36 bits per heavy atom. The zero-order chi connectivity index (χ0) is 17.6. The summed E-state index contributed by atoms with van der Waals surface area (Å²) in [5, 5.41) is 0. The summed E-state index contributed by atoms with van der Waals surface area (Å²) in [5.74, 6) is 2.12. The van der Waals surface area contributed by atoms with Gasteiger partial charge in [0, 0.05) is 12.1 Å². The van der Waals surface area contributed by atoms with Crippen LogP contribution in [0.15, 0.2) is 60.7 Å². The number of nitrogens with zero attached hydrogens (tertiary/aromatic N) is 3. The van der Waals surface area contributed by atoms with Gasteiger partial charge in [0.1, 0.15) is 18.0 Å². The summed E-state index contributed by atoms with van der Waals surface area (Å²) in [4.78, 5) is 16.8. The van der Waals surface area contributed by atoms with Crippen molar-refractivity contribution in [2.75, 3.05) is 20.7 Å². The highest BCUT2D eigenvalue weighted by atomic mass is 16.5. The van der Waals surface area contributed by atoms with E-state index in [0.29, 0.717) is 13.1 Å². The zero-order valence-corrected chi connectivity index (χ0v) is 14.6. The van der Waals surface area contributed by atoms with Crippen LogP contribution < -0.4 is 0 Å². The van der Waals surface area contributed by atoms with Crippen LogP contribution in [0.4, 0.5) is 0 Å². The van der Waals surface area contributed by atoms with E-state index >= 15 is 0 Å². The molecule has 0 fully saturated rings. The first kappa shape index (κ1) is 15.7. The first-order chi connectivity index (χ1) is 12.1. The highest BCUT2D eigenvalue weighted by Crippen LogP contribution is 2.31. The van der Waals surface area contributed by atoms with Crippen molar-refractivity contribution in [3.8, 4) is 0 Å². The first-order valence-corrected chi connectivity index (χ1v) is 8.46. The average Bonchev–Trinajstić information content (AvgIpc) is 3.10. The molecule has 0 spiro atoms. The number of amides is 1. The van der Waals surface area contributed by atoms with Crippen LogP contribution in [0.3, 0.4) is 0 Å². The number of likely N-dealkylation sites (N-methyl/N-ethyl adjacent to an activating group) is 1. The van der Waals surface area contributed by atoms with Crippen molar-refractivity contribution in [1.29, 1.82) is 0 Å². The number of carbonyl (C=O) groups excluding carboxylic acids is 1. The maximum absolute atomic E-state index is 12.7. The lowest BCUT2D eigenvalue weighted by atomic mass is 10.0. The minimum absolute atomic E-state index is 0.0973. The van der Waals surface area contributed by atoms with Crippen LogP contribution in [0.5, 0.6) is 0 Å². The van der Waals surface area contributed by atoms with Gasteiger partial charge >= 0.3 is 0 Å². The topological polar surface area (TPSA) is 35.8 Å². The molecule has 0 aromatic heterocycles. The predicted molar refractivity (Wildman–Crippen MR) is 96.0 cm³/mol. The third kappa shape index (κ3) is 2.38. The van der Waals surface area contributed by atoms with E-state index in [0.717, 1.165) is 29.1 Å². The van der Waals surface area contributed by atoms with Crippen molar-refractivity contribution in [1.82, 2.24) is 9.80 Å². The Kier molecular flexibility index (Phi) is 3.71. The van der Waals surface area contributed by atoms with Gasteiger partial charge in [-0.25, -0.2) is 9.48 Å². The van der Waals surface area contributed by atoms with Gasteiger partial charge in [-0.1, -0.05) is 24.8 Å². The molecular weight excluding hydrogens is 314 g/mol. The second-order valence-corrected chi connectivity index (χ2v) is 6.53. The van der Waals surface area contributed by atoms with Gasteiger partial charge in [-0.05, 0) is 23.8 Å². The monoisotopic (exact) mass is 336 g/mol. The largest absolute Gasteiger partial charge is 0.501 e. The second kappa shape index (κ2) is 5.92. The molecule has 1 aromatic carbocycles. The molecule has 1 aromatic rings. The average molecular weight is 336 g/mol. The Bertz CT molecular complexity index is 850. The summed E-state index contributed by atoms with van der Waals surface area (Å²) >= 11 is 0. The molecular formula is C20H22N3O2+. The van der Waals surface area contributed by atoms with Crippen LogP contribution in [-0.4, -0.2) is 52.9 Å². The number of amidine groups is 1. The maximum Gasteiger partial charge on any atom is 0.276 e. The van der Waals surface area contributed by atoms with E-state index in [1.165, 1.54) is 5.70 Å². The number of rotatable bonds is 4. The van der Waals surface area contributed by atoms with Crippen LogP contribution in [0.1, 0.15) is 22.3 Å². The molecule has 3 aliphatic rings. The third-order valence-corrected chi connectivity index (χ3v) is 5.27. The van der Waals surface area contributed by atoms with Crippen molar-refractivity contribution < 1.29 is 14.1 Å². The van der Waals surface area contributed by atoms with E-state index in [-0.39, 0.29) is 11.9 Å². The Labute approximate surface area is 147 Å². The summed E-state index contributed by atoms with van der Waals surface area (Å²) < 4.78 is 7.58. The summed E-state index contributed by atoms with van der Waals surface area (Å²) in [6.45, 7) is 5.21. The van der Waals surface area contributed by atoms with Crippen LogP contribution in [0.2, 0.25) is 0 Å². The van der Waals surface area contributed by atoms with E-state index in [1.807, 2.05) is 41.4 Å². The molecule has 0 N–H and O–H groups in total. The van der Waals surface area contributed by atoms with Gasteiger partial charge < -0.3 is 9.64 Å². The number of hydrogen-bond donors (Lipinski definition) is 0. The number of methoxy groups -OCH3 is 1. The van der Waals surface area contributed by atoms with Crippen LogP contribution >= 0.6 is 0 Å². The smallest absolute Gasteiger partial charge is 0.276 e. The fraction of sp³-hybridized carbons (Fsp3) is 0.300. The van der Waals surface area contributed by atoms with E-state index in [9.17, 15) is 4.79 Å². The minimum Gasteiger partial charge on any atom is -0.501 e. The van der Waals surface area contributed by atoms with Gasteiger partial charge in [0.15, 0.2) is 6.04 Å². The van der Waals surface area contributed by atoms with Gasteiger partial charge in [-0.15, -0.1) is 0 Å². The minimum atomic E-state index is 0.0973. The van der Waals surface area contributed by atoms with Crippen molar-refractivity contribution in [2.24, 2.45) is 0 Å². The molecule has 4 rings (SSSR count). The van der Waals surface area contributed by atoms with Gasteiger partial charge in [0.2, 0.25) is 0 Å². The molecule has 1 unspecified atom stereocenters. The Morgan fingerprint density at radius 3 is 2.88 bits per heavy atom. The lowest BCUT2D eigenvalue weighted by molar-refractivity contribution is -0.484. The van der Waals surface area contributed by atoms with E-state index < -0.39 is 0 Å². The fourth-order valence-corrected chi connectivity index (χ4v) is 3.92. The van der Waals surface area contributed by atoms with E-state index in [1.54, 1.807) is 7.11 Å². The molecule has 128 valence electrons. The quantitative estimate of drug-likeness (QED) is 0.792. The van der Waals surface area contributed by atoms with Gasteiger partial charge in [0.05, 0.1) is 26.8 Å². The number of allylic oxidation sites excluding steroid dienone is 2. The van der Waals surface area contributed by atoms with Crippen molar-refractivity contribution in [3.63, 3.8) is 0 Å². The number of hydrogen-bond acceptors (Lipinski definition) is 3. The summed E-state index contributed by atoms with van der Waals surface area (Å²) in [7, 11) is 3.75. The van der Waals surface area contributed by atoms with Crippen molar-refractivity contribution in [3.05, 3.63) is 71.8 Å². The molecule has 0 saturated heterocycles. The molecule has 25 heavy (non-hydrogen) atoms. The molecule has 1 amide bonds. The lowest BCUT2D eigenvalue weighted by Gasteiger charge is -2.17. The normalized spacial score (nSPS) is 21.8. The summed E-state index contributed by atoms with van der Waals surface area (Å²) in [5.41, 5.74) is 3.12. The highest BCUT2D eigenvalue weighted by molar-refractivity contribution is 6.00. The molecule has 1 aliphatic carbocycles. The number of fused-ring (bicyclic) bond motifs is 2. The summed E-state index contributed by atoms with van der Waals surface area (Å²) in [6, 6.07) is 8.01. The standard InChI is InChI=1S/C20H22N3O2/c1-4-23-18-11-15(25-3)9-10-17(18)21(2)19(23)13-22-12-14-7-5-6-8-16(14)20(22)24/h4-10,18H,1,11-13H2,2-3H3/q+1. The highest BCUT2D eigenvalue weighted by Gasteiger charge is 2.44. The fourth-order valence-electron chi connectivity index (χ4n) is 3.92. The molecule has 1 atom stereocenters. The lowest BCUT2D eigenvalue weighted by Crippen LogP contribution is -2.38. The van der Waals surface area contributed by atoms with Gasteiger partial charge in [0.25, 0.3) is 11.7 Å². The number of benzene rings is 1. The van der Waals surface area contributed by atoms with Crippen molar-refractivity contribution in [2.45, 2.75) is 19.0 Å². The Hall–Kier alpha value is -2.82. The SMILES string of the molecule is C=C[N+]1=C(CN2Cc3ccccc3C2=O)N(C)C2=CC=C(OC)CC21. The molecule has 0 saturated carbocycles. The van der Waals surface area contributed by atoms with E-state index in [4.69, 9.17) is 4.74 Å². The number of ether oxygens (including phenoxy) is 1. The molecule has 5 heteroatoms. The maximum atomic E-state index is 12.7. The van der Waals surface area contributed by atoms with Crippen LogP contribution in [0, 0.1) is 0 Å².